The minimum Gasteiger partial charge on any atom is -0.345 e. The van der Waals surface area contributed by atoms with Gasteiger partial charge in [0.15, 0.2) is 0 Å². The number of aromatic nitrogens is 4. The van der Waals surface area contributed by atoms with Gasteiger partial charge in [0.1, 0.15) is 0 Å². The zero-order valence-electron chi connectivity index (χ0n) is 22.7. The number of benzene rings is 1. The lowest BCUT2D eigenvalue weighted by molar-refractivity contribution is 0.247. The van der Waals surface area contributed by atoms with Gasteiger partial charge in [-0.3, -0.25) is 14.3 Å². The Kier molecular flexibility index (Phi) is 6.38. The Morgan fingerprint density at radius 1 is 1.15 bits per heavy atom. The Morgan fingerprint density at radius 3 is 2.71 bits per heavy atom. The lowest BCUT2D eigenvalue weighted by Crippen LogP contribution is -2.40. The number of rotatable bonds is 6. The van der Waals surface area contributed by atoms with Gasteiger partial charge in [-0.2, -0.15) is 5.26 Å². The van der Waals surface area contributed by atoms with Crippen molar-refractivity contribution in [3.8, 4) is 17.2 Å². The maximum Gasteiger partial charge on any atom is 0.331 e. The molecular formula is C31H29ClN6O2S. The molecule has 5 aromatic rings. The first-order valence-corrected chi connectivity index (χ1v) is 15.1. The predicted octanol–water partition coefficient (Wildman–Crippen LogP) is 5.25. The molecule has 1 saturated heterocycles. The van der Waals surface area contributed by atoms with Gasteiger partial charge in [0, 0.05) is 64.2 Å². The molecule has 8 nitrogen and oxygen atoms in total. The Morgan fingerprint density at radius 2 is 1.95 bits per heavy atom. The van der Waals surface area contributed by atoms with Crippen molar-refractivity contribution >= 4 is 44.1 Å². The SMILES string of the molecule is Cn1c(C2CC2)cc(=O)n(Cc2cc3nccc(-c4cc(Cl)cc5ccn(CC6(C#N)CCNCC6)c45)c3s2)c1=O. The molecule has 2 aliphatic rings. The van der Waals surface area contributed by atoms with Crippen molar-refractivity contribution in [3.05, 3.63) is 85.2 Å². The second-order valence-corrected chi connectivity index (χ2v) is 12.9. The van der Waals surface area contributed by atoms with E-state index in [-0.39, 0.29) is 17.8 Å². The fraction of sp³-hybridized carbons (Fsp3) is 0.355. The van der Waals surface area contributed by atoms with Gasteiger partial charge in [0.25, 0.3) is 5.56 Å². The van der Waals surface area contributed by atoms with Crippen molar-refractivity contribution in [3.63, 3.8) is 0 Å². The Hall–Kier alpha value is -3.71. The standard InChI is InChI=1S/C31H29ClN6O2S/c1-36-26(19-2-3-19)15-27(39)38(30(36)40)16-22-14-25-29(41-22)23(4-8-35-25)24-13-21(32)12-20-5-11-37(28(20)24)18-31(17-33)6-9-34-10-7-31/h4-5,8,11-15,19,34H,2-3,6-7,9-10,16,18H2,1H3. The third-order valence-corrected chi connectivity index (χ3v) is 9.96. The topological polar surface area (TPSA) is 97.6 Å². The van der Waals surface area contributed by atoms with Crippen LogP contribution in [0.2, 0.25) is 5.02 Å². The molecule has 2 fully saturated rings. The third-order valence-electron chi connectivity index (χ3n) is 8.60. The summed E-state index contributed by atoms with van der Waals surface area (Å²) in [5.41, 5.74) is 3.65. The number of thiophene rings is 1. The molecule has 1 saturated carbocycles. The van der Waals surface area contributed by atoms with E-state index >= 15 is 0 Å². The normalized spacial score (nSPS) is 16.8. The van der Waals surface area contributed by atoms with E-state index in [4.69, 9.17) is 11.6 Å². The summed E-state index contributed by atoms with van der Waals surface area (Å²) in [5, 5.41) is 15.2. The molecule has 0 amide bonds. The average molecular weight is 585 g/mol. The molecule has 1 aromatic carbocycles. The summed E-state index contributed by atoms with van der Waals surface area (Å²) in [5.74, 6) is 0.317. The van der Waals surface area contributed by atoms with Crippen molar-refractivity contribution in [1.29, 1.82) is 5.26 Å². The zero-order valence-corrected chi connectivity index (χ0v) is 24.3. The predicted molar refractivity (Wildman–Crippen MR) is 163 cm³/mol. The molecule has 1 aliphatic carbocycles. The number of fused-ring (bicyclic) bond motifs is 2. The second-order valence-electron chi connectivity index (χ2n) is 11.4. The van der Waals surface area contributed by atoms with E-state index in [0.29, 0.717) is 17.5 Å². The number of hydrogen-bond acceptors (Lipinski definition) is 6. The minimum atomic E-state index is -0.424. The molecule has 0 atom stereocenters. The molecule has 4 aromatic heterocycles. The van der Waals surface area contributed by atoms with Crippen LogP contribution in [-0.4, -0.2) is 31.8 Å². The average Bonchev–Trinajstić information content (AvgIpc) is 3.62. The smallest absolute Gasteiger partial charge is 0.331 e. The van der Waals surface area contributed by atoms with Crippen molar-refractivity contribution in [2.45, 2.75) is 44.7 Å². The van der Waals surface area contributed by atoms with Crippen LogP contribution in [0.3, 0.4) is 0 Å². The minimum absolute atomic E-state index is 0.191. The quantitative estimate of drug-likeness (QED) is 0.294. The van der Waals surface area contributed by atoms with Crippen LogP contribution >= 0.6 is 22.9 Å². The fourth-order valence-corrected chi connectivity index (χ4v) is 7.58. The summed E-state index contributed by atoms with van der Waals surface area (Å²) >= 11 is 8.16. The van der Waals surface area contributed by atoms with Gasteiger partial charge in [-0.1, -0.05) is 11.6 Å². The van der Waals surface area contributed by atoms with Crippen LogP contribution < -0.4 is 16.6 Å². The second kappa shape index (κ2) is 9.98. The number of pyridine rings is 1. The molecule has 10 heteroatoms. The van der Waals surface area contributed by atoms with Crippen molar-refractivity contribution in [2.24, 2.45) is 12.5 Å². The molecule has 208 valence electrons. The molecule has 41 heavy (non-hydrogen) atoms. The molecule has 1 aliphatic heterocycles. The molecular weight excluding hydrogens is 556 g/mol. The van der Waals surface area contributed by atoms with Crippen molar-refractivity contribution in [2.75, 3.05) is 13.1 Å². The lowest BCUT2D eigenvalue weighted by atomic mass is 9.80. The van der Waals surface area contributed by atoms with Gasteiger partial charge in [0.05, 0.1) is 33.8 Å². The van der Waals surface area contributed by atoms with Gasteiger partial charge in [-0.25, -0.2) is 4.79 Å². The van der Waals surface area contributed by atoms with Gasteiger partial charge < -0.3 is 14.5 Å². The Balaban J connectivity index is 1.32. The first-order valence-electron chi connectivity index (χ1n) is 13.9. The third kappa shape index (κ3) is 4.60. The molecule has 1 N–H and O–H groups in total. The van der Waals surface area contributed by atoms with Crippen molar-refractivity contribution < 1.29 is 0 Å². The molecule has 0 bridgehead atoms. The number of nitrogens with zero attached hydrogens (tertiary/aromatic N) is 5. The van der Waals surface area contributed by atoms with E-state index in [1.807, 2.05) is 24.3 Å². The van der Waals surface area contributed by atoms with Crippen LogP contribution in [0.5, 0.6) is 0 Å². The Bertz CT molecular complexity index is 1980. The zero-order chi connectivity index (χ0) is 28.3. The lowest BCUT2D eigenvalue weighted by Gasteiger charge is -2.32. The number of hydrogen-bond donors (Lipinski definition) is 1. The number of nitrogens with one attached hydrogen (secondary N) is 1. The highest BCUT2D eigenvalue weighted by molar-refractivity contribution is 7.19. The number of halogens is 1. The first kappa shape index (κ1) is 26.2. The maximum absolute atomic E-state index is 13.1. The summed E-state index contributed by atoms with van der Waals surface area (Å²) in [4.78, 5) is 31.6. The highest BCUT2D eigenvalue weighted by Gasteiger charge is 2.33. The van der Waals surface area contributed by atoms with Crippen LogP contribution in [0.15, 0.2) is 58.4 Å². The van der Waals surface area contributed by atoms with Crippen LogP contribution in [0.25, 0.3) is 32.2 Å². The molecule has 5 heterocycles. The van der Waals surface area contributed by atoms with E-state index in [0.717, 1.165) is 81.6 Å². The van der Waals surface area contributed by atoms with Crippen LogP contribution in [0, 0.1) is 16.7 Å². The van der Waals surface area contributed by atoms with Crippen LogP contribution in [0.1, 0.15) is 42.2 Å². The van der Waals surface area contributed by atoms with Gasteiger partial charge >= 0.3 is 5.69 Å². The van der Waals surface area contributed by atoms with Crippen LogP contribution in [-0.2, 0) is 20.1 Å². The largest absolute Gasteiger partial charge is 0.345 e. The van der Waals surface area contributed by atoms with E-state index in [1.165, 1.54) is 15.9 Å². The maximum atomic E-state index is 13.1. The number of nitriles is 1. The number of piperidine rings is 1. The van der Waals surface area contributed by atoms with E-state index in [2.05, 4.69) is 33.2 Å². The van der Waals surface area contributed by atoms with Crippen LogP contribution in [0.4, 0.5) is 0 Å². The Labute approximate surface area is 245 Å². The summed E-state index contributed by atoms with van der Waals surface area (Å²) in [7, 11) is 1.75. The monoisotopic (exact) mass is 584 g/mol. The molecule has 0 unspecified atom stereocenters. The highest BCUT2D eigenvalue weighted by Crippen LogP contribution is 2.41. The van der Waals surface area contributed by atoms with E-state index in [1.54, 1.807) is 23.9 Å². The fourth-order valence-electron chi connectivity index (χ4n) is 6.22. The summed E-state index contributed by atoms with van der Waals surface area (Å²) in [6.07, 6.45) is 7.50. The van der Waals surface area contributed by atoms with Gasteiger partial charge in [0.2, 0.25) is 0 Å². The summed E-state index contributed by atoms with van der Waals surface area (Å²) in [6.45, 7) is 2.47. The van der Waals surface area contributed by atoms with Gasteiger partial charge in [-0.15, -0.1) is 11.3 Å². The first-order chi connectivity index (χ1) is 19.9. The van der Waals surface area contributed by atoms with E-state index < -0.39 is 5.41 Å². The highest BCUT2D eigenvalue weighted by atomic mass is 35.5. The molecule has 7 rings (SSSR count). The molecule has 0 radical (unpaired) electrons. The van der Waals surface area contributed by atoms with Gasteiger partial charge in [-0.05, 0) is 75.0 Å². The summed E-state index contributed by atoms with van der Waals surface area (Å²) < 4.78 is 6.08. The van der Waals surface area contributed by atoms with Crippen molar-refractivity contribution in [1.82, 2.24) is 24.0 Å². The molecule has 0 spiro atoms. The van der Waals surface area contributed by atoms with E-state index in [9.17, 15) is 14.9 Å². The summed E-state index contributed by atoms with van der Waals surface area (Å²) in [6, 6.07) is 14.2.